The van der Waals surface area contributed by atoms with Gasteiger partial charge in [0.2, 0.25) is 0 Å². The Morgan fingerprint density at radius 2 is 2.33 bits per heavy atom. The number of amides is 1. The third kappa shape index (κ3) is 4.46. The number of carbonyl (C=O) groups is 1. The van der Waals surface area contributed by atoms with E-state index in [4.69, 9.17) is 10.5 Å². The standard InChI is InChI=1S/C15H19N3O2S/c1-2-3-6-17-15(19)8-20-14-5-4-11(7-12(14)16)13-9-21-10-18-13/h4-5,7,9-10H,2-3,6,8,16H2,1H3,(H,17,19). The number of hydrogen-bond acceptors (Lipinski definition) is 5. The van der Waals surface area contributed by atoms with Crippen LogP contribution in [-0.4, -0.2) is 24.0 Å². The van der Waals surface area contributed by atoms with Crippen LogP contribution in [0.15, 0.2) is 29.1 Å². The molecular formula is C15H19N3O2S. The van der Waals surface area contributed by atoms with Crippen molar-refractivity contribution in [2.24, 2.45) is 0 Å². The highest BCUT2D eigenvalue weighted by atomic mass is 32.1. The number of nitrogens with zero attached hydrogens (tertiary/aromatic N) is 1. The molecule has 1 amide bonds. The monoisotopic (exact) mass is 305 g/mol. The van der Waals surface area contributed by atoms with Crippen molar-refractivity contribution >= 4 is 22.9 Å². The highest BCUT2D eigenvalue weighted by Crippen LogP contribution is 2.28. The maximum Gasteiger partial charge on any atom is 0.257 e. The smallest absolute Gasteiger partial charge is 0.257 e. The molecule has 1 aromatic carbocycles. The number of thiazole rings is 1. The molecule has 5 nitrogen and oxygen atoms in total. The topological polar surface area (TPSA) is 77.2 Å². The van der Waals surface area contributed by atoms with Crippen molar-refractivity contribution in [3.8, 4) is 17.0 Å². The first kappa shape index (κ1) is 15.3. The van der Waals surface area contributed by atoms with Crippen LogP contribution in [-0.2, 0) is 4.79 Å². The third-order valence-electron chi connectivity index (χ3n) is 2.95. The minimum atomic E-state index is -0.133. The summed E-state index contributed by atoms with van der Waals surface area (Å²) in [6.07, 6.45) is 2.02. The minimum Gasteiger partial charge on any atom is -0.482 e. The van der Waals surface area contributed by atoms with Crippen LogP contribution in [0.1, 0.15) is 19.8 Å². The Morgan fingerprint density at radius 3 is 3.00 bits per heavy atom. The number of benzene rings is 1. The Bertz CT molecular complexity index is 585. The van der Waals surface area contributed by atoms with E-state index in [0.29, 0.717) is 18.0 Å². The lowest BCUT2D eigenvalue weighted by Crippen LogP contribution is -2.29. The van der Waals surface area contributed by atoms with E-state index in [2.05, 4.69) is 17.2 Å². The first-order valence-electron chi connectivity index (χ1n) is 6.88. The summed E-state index contributed by atoms with van der Waals surface area (Å²) in [4.78, 5) is 15.8. The van der Waals surface area contributed by atoms with Gasteiger partial charge in [-0.15, -0.1) is 11.3 Å². The van der Waals surface area contributed by atoms with E-state index in [9.17, 15) is 4.79 Å². The van der Waals surface area contributed by atoms with Gasteiger partial charge in [-0.25, -0.2) is 4.98 Å². The van der Waals surface area contributed by atoms with Crippen LogP contribution in [0.3, 0.4) is 0 Å². The molecule has 0 aliphatic carbocycles. The summed E-state index contributed by atoms with van der Waals surface area (Å²) in [5.74, 6) is 0.381. The Balaban J connectivity index is 1.91. The van der Waals surface area contributed by atoms with E-state index in [1.165, 1.54) is 11.3 Å². The third-order valence-corrected chi connectivity index (χ3v) is 3.54. The van der Waals surface area contributed by atoms with E-state index in [1.807, 2.05) is 11.4 Å². The molecule has 2 rings (SSSR count). The van der Waals surface area contributed by atoms with Gasteiger partial charge in [0.1, 0.15) is 5.75 Å². The molecule has 0 saturated heterocycles. The normalized spacial score (nSPS) is 10.3. The molecular weight excluding hydrogens is 286 g/mol. The quantitative estimate of drug-likeness (QED) is 0.609. The zero-order valence-electron chi connectivity index (χ0n) is 12.0. The lowest BCUT2D eigenvalue weighted by atomic mass is 10.1. The first-order chi connectivity index (χ1) is 10.2. The zero-order valence-corrected chi connectivity index (χ0v) is 12.8. The number of nitrogen functional groups attached to an aromatic ring is 1. The lowest BCUT2D eigenvalue weighted by molar-refractivity contribution is -0.123. The second-order valence-electron chi connectivity index (χ2n) is 4.62. The number of nitrogens with two attached hydrogens (primary N) is 1. The molecule has 1 aromatic heterocycles. The Hall–Kier alpha value is -2.08. The fourth-order valence-corrected chi connectivity index (χ4v) is 2.35. The molecule has 1 heterocycles. The van der Waals surface area contributed by atoms with E-state index in [0.717, 1.165) is 24.1 Å². The van der Waals surface area contributed by atoms with Crippen LogP contribution in [0.2, 0.25) is 0 Å². The number of anilines is 1. The van der Waals surface area contributed by atoms with Gasteiger partial charge in [-0.2, -0.15) is 0 Å². The van der Waals surface area contributed by atoms with Gasteiger partial charge in [0.05, 0.1) is 16.9 Å². The van der Waals surface area contributed by atoms with Gasteiger partial charge in [0, 0.05) is 17.5 Å². The molecule has 6 heteroatoms. The van der Waals surface area contributed by atoms with Crippen molar-refractivity contribution < 1.29 is 9.53 Å². The molecule has 0 bridgehead atoms. The molecule has 0 unspecified atom stereocenters. The van der Waals surface area contributed by atoms with Gasteiger partial charge >= 0.3 is 0 Å². The number of nitrogens with one attached hydrogen (secondary N) is 1. The molecule has 2 aromatic rings. The summed E-state index contributed by atoms with van der Waals surface area (Å²) in [6, 6.07) is 5.46. The largest absolute Gasteiger partial charge is 0.482 e. The van der Waals surface area contributed by atoms with Gasteiger partial charge in [-0.05, 0) is 24.6 Å². The van der Waals surface area contributed by atoms with Gasteiger partial charge in [-0.3, -0.25) is 4.79 Å². The Kier molecular flexibility index (Phi) is 5.57. The highest BCUT2D eigenvalue weighted by Gasteiger charge is 2.07. The molecule has 0 radical (unpaired) electrons. The van der Waals surface area contributed by atoms with Crippen LogP contribution >= 0.6 is 11.3 Å². The van der Waals surface area contributed by atoms with E-state index < -0.39 is 0 Å². The number of ether oxygens (including phenoxy) is 1. The highest BCUT2D eigenvalue weighted by molar-refractivity contribution is 7.07. The van der Waals surface area contributed by atoms with Gasteiger partial charge in [0.25, 0.3) is 5.91 Å². The van der Waals surface area contributed by atoms with Crippen molar-refractivity contribution in [1.29, 1.82) is 0 Å². The predicted octanol–water partition coefficient (Wildman–Crippen LogP) is 2.69. The summed E-state index contributed by atoms with van der Waals surface area (Å²) in [6.45, 7) is 2.73. The van der Waals surface area contributed by atoms with Crippen LogP contribution in [0.25, 0.3) is 11.3 Å². The molecule has 0 aliphatic rings. The average Bonchev–Trinajstić information content (AvgIpc) is 3.00. The second-order valence-corrected chi connectivity index (χ2v) is 5.34. The van der Waals surface area contributed by atoms with Crippen molar-refractivity contribution in [3.05, 3.63) is 29.1 Å². The summed E-state index contributed by atoms with van der Waals surface area (Å²) >= 11 is 1.53. The van der Waals surface area contributed by atoms with Crippen LogP contribution in [0.4, 0.5) is 5.69 Å². The van der Waals surface area contributed by atoms with Crippen molar-refractivity contribution in [2.75, 3.05) is 18.9 Å². The zero-order chi connectivity index (χ0) is 15.1. The van der Waals surface area contributed by atoms with Crippen molar-refractivity contribution in [2.45, 2.75) is 19.8 Å². The average molecular weight is 305 g/mol. The SMILES string of the molecule is CCCCNC(=O)COc1ccc(-c2cscn2)cc1N. The Morgan fingerprint density at radius 1 is 1.48 bits per heavy atom. The predicted molar refractivity (Wildman–Crippen MR) is 85.4 cm³/mol. The summed E-state index contributed by atoms with van der Waals surface area (Å²) in [5.41, 5.74) is 10.1. The van der Waals surface area contributed by atoms with Gasteiger partial charge in [0.15, 0.2) is 6.61 Å². The number of hydrogen-bond donors (Lipinski definition) is 2. The maximum absolute atomic E-state index is 11.6. The molecule has 3 N–H and O–H groups in total. The summed E-state index contributed by atoms with van der Waals surface area (Å²) < 4.78 is 5.45. The molecule has 0 saturated carbocycles. The van der Waals surface area contributed by atoms with E-state index in [1.54, 1.807) is 17.6 Å². The second kappa shape index (κ2) is 7.64. The van der Waals surface area contributed by atoms with Crippen LogP contribution < -0.4 is 15.8 Å². The molecule has 0 atom stereocenters. The summed E-state index contributed by atoms with van der Waals surface area (Å²) in [7, 11) is 0. The Labute approximate surface area is 128 Å². The number of carbonyl (C=O) groups excluding carboxylic acids is 1. The van der Waals surface area contributed by atoms with Crippen LogP contribution in [0.5, 0.6) is 5.75 Å². The van der Waals surface area contributed by atoms with E-state index >= 15 is 0 Å². The fourth-order valence-electron chi connectivity index (χ4n) is 1.79. The van der Waals surface area contributed by atoms with Crippen LogP contribution in [0, 0.1) is 0 Å². The van der Waals surface area contributed by atoms with Crippen molar-refractivity contribution in [3.63, 3.8) is 0 Å². The fraction of sp³-hybridized carbons (Fsp3) is 0.333. The minimum absolute atomic E-state index is 0.0238. The lowest BCUT2D eigenvalue weighted by Gasteiger charge is -2.10. The van der Waals surface area contributed by atoms with Crippen molar-refractivity contribution in [1.82, 2.24) is 10.3 Å². The number of rotatable bonds is 7. The number of unbranched alkanes of at least 4 members (excludes halogenated alkanes) is 1. The first-order valence-corrected chi connectivity index (χ1v) is 7.82. The molecule has 21 heavy (non-hydrogen) atoms. The molecule has 0 aliphatic heterocycles. The van der Waals surface area contributed by atoms with Gasteiger partial charge in [-0.1, -0.05) is 13.3 Å². The van der Waals surface area contributed by atoms with Gasteiger partial charge < -0.3 is 15.8 Å². The number of aromatic nitrogens is 1. The molecule has 0 spiro atoms. The maximum atomic E-state index is 11.6. The molecule has 0 fully saturated rings. The molecule has 112 valence electrons. The van der Waals surface area contributed by atoms with E-state index in [-0.39, 0.29) is 12.5 Å². The summed E-state index contributed by atoms with van der Waals surface area (Å²) in [5, 5.41) is 4.75.